The zero-order valence-electron chi connectivity index (χ0n) is 16.8. The van der Waals surface area contributed by atoms with E-state index in [0.717, 1.165) is 34.2 Å². The third-order valence-electron chi connectivity index (χ3n) is 6.85. The van der Waals surface area contributed by atoms with Gasteiger partial charge in [0.1, 0.15) is 5.76 Å². The fourth-order valence-electron chi connectivity index (χ4n) is 5.85. The molecular formula is C25H23NO3. The van der Waals surface area contributed by atoms with Crippen molar-refractivity contribution in [3.8, 4) is 6.07 Å². The third-order valence-corrected chi connectivity index (χ3v) is 6.85. The van der Waals surface area contributed by atoms with Gasteiger partial charge in [-0.3, -0.25) is 4.79 Å². The number of carbonyl (C=O) groups is 1. The van der Waals surface area contributed by atoms with E-state index in [0.29, 0.717) is 11.1 Å². The first-order valence-electron chi connectivity index (χ1n) is 10.1. The fraction of sp³-hybridized carbons (Fsp3) is 0.360. The van der Waals surface area contributed by atoms with Crippen LogP contribution in [0.3, 0.4) is 0 Å². The van der Waals surface area contributed by atoms with Crippen LogP contribution in [0.25, 0.3) is 5.57 Å². The van der Waals surface area contributed by atoms with Gasteiger partial charge in [-0.2, -0.15) is 5.26 Å². The smallest absolute Gasteiger partial charge is 0.173 e. The summed E-state index contributed by atoms with van der Waals surface area (Å²) in [5.41, 5.74) is 6.21. The number of ketones is 1. The van der Waals surface area contributed by atoms with Crippen molar-refractivity contribution in [1.29, 1.82) is 5.26 Å². The number of allylic oxidation sites excluding steroid dienone is 1. The average molecular weight is 385 g/mol. The van der Waals surface area contributed by atoms with E-state index in [-0.39, 0.29) is 41.5 Å². The summed E-state index contributed by atoms with van der Waals surface area (Å²) in [6.07, 6.45) is 0.337. The molecule has 2 saturated heterocycles. The number of nitriles is 1. The van der Waals surface area contributed by atoms with Crippen LogP contribution in [0.1, 0.15) is 45.7 Å². The largest absolute Gasteiger partial charge is 0.511 e. The van der Waals surface area contributed by atoms with Gasteiger partial charge in [0, 0.05) is 5.92 Å². The maximum Gasteiger partial charge on any atom is 0.173 e. The van der Waals surface area contributed by atoms with Crippen LogP contribution in [0.2, 0.25) is 0 Å². The van der Waals surface area contributed by atoms with Crippen LogP contribution in [0.5, 0.6) is 0 Å². The molecule has 0 aromatic heterocycles. The van der Waals surface area contributed by atoms with Crippen molar-refractivity contribution >= 4 is 11.4 Å². The molecule has 4 heteroatoms. The SMILES string of the molecule is Cc1cc(C)c(C2=C(O)[C@@H]3[C@@H]4O[C@@H](C[C@H]4c4cccc(C#N)c4)[C@@H]3C2=O)c(C)c1. The number of aliphatic hydroxyl groups excluding tert-OH is 1. The van der Waals surface area contributed by atoms with Crippen molar-refractivity contribution in [3.63, 3.8) is 0 Å². The standard InChI is InChI=1S/C25H23NO3/c1-12-7-13(2)19(14(3)8-12)21-23(27)20-18-10-17(25(29-18)22(20)24(21)28)16-6-4-5-15(9-16)11-26/h4-9,17-18,20,22,25,28H,10H2,1-3H3/t17-,18-,20-,22+,25+/m0/s1. The molecule has 5 atom stereocenters. The molecule has 0 saturated carbocycles. The van der Waals surface area contributed by atoms with Gasteiger partial charge in [0.15, 0.2) is 5.78 Å². The topological polar surface area (TPSA) is 70.3 Å². The number of ether oxygens (including phenoxy) is 1. The molecule has 5 rings (SSSR count). The van der Waals surface area contributed by atoms with Crippen LogP contribution in [0.15, 0.2) is 42.2 Å². The van der Waals surface area contributed by atoms with E-state index in [1.807, 2.05) is 39.0 Å². The Bertz CT molecular complexity index is 1100. The predicted molar refractivity (Wildman–Crippen MR) is 109 cm³/mol. The van der Waals surface area contributed by atoms with Crippen LogP contribution in [0, 0.1) is 43.9 Å². The normalized spacial score (nSPS) is 30.0. The molecular weight excluding hydrogens is 362 g/mol. The molecule has 4 nitrogen and oxygen atoms in total. The minimum absolute atomic E-state index is 0.0132. The summed E-state index contributed by atoms with van der Waals surface area (Å²) < 4.78 is 6.19. The predicted octanol–water partition coefficient (Wildman–Crippen LogP) is 4.52. The Balaban J connectivity index is 1.57. The Morgan fingerprint density at radius 3 is 2.52 bits per heavy atom. The van der Waals surface area contributed by atoms with E-state index in [1.54, 1.807) is 6.07 Å². The van der Waals surface area contributed by atoms with Crippen molar-refractivity contribution in [3.05, 3.63) is 75.5 Å². The minimum atomic E-state index is -0.300. The van der Waals surface area contributed by atoms with E-state index in [1.165, 1.54) is 0 Å². The van der Waals surface area contributed by atoms with Gasteiger partial charge in [0.2, 0.25) is 0 Å². The van der Waals surface area contributed by atoms with Gasteiger partial charge in [-0.15, -0.1) is 0 Å². The highest BCUT2D eigenvalue weighted by Crippen LogP contribution is 2.58. The van der Waals surface area contributed by atoms with Gasteiger partial charge in [0.25, 0.3) is 0 Å². The third kappa shape index (κ3) is 2.51. The molecule has 2 fully saturated rings. The summed E-state index contributed by atoms with van der Waals surface area (Å²) in [4.78, 5) is 13.4. The second kappa shape index (κ2) is 6.30. The van der Waals surface area contributed by atoms with Crippen molar-refractivity contribution < 1.29 is 14.6 Å². The highest BCUT2D eigenvalue weighted by atomic mass is 16.5. The maximum absolute atomic E-state index is 13.4. The zero-order chi connectivity index (χ0) is 20.4. The molecule has 2 aliphatic heterocycles. The molecule has 2 aromatic carbocycles. The van der Waals surface area contributed by atoms with Crippen LogP contribution >= 0.6 is 0 Å². The van der Waals surface area contributed by atoms with Gasteiger partial charge >= 0.3 is 0 Å². The first-order chi connectivity index (χ1) is 13.9. The first kappa shape index (κ1) is 18.1. The number of carbonyl (C=O) groups excluding carboxylic acids is 1. The number of hydrogen-bond donors (Lipinski definition) is 1. The second-order valence-electron chi connectivity index (χ2n) is 8.67. The maximum atomic E-state index is 13.4. The summed E-state index contributed by atoms with van der Waals surface area (Å²) >= 11 is 0. The van der Waals surface area contributed by atoms with Crippen molar-refractivity contribution in [1.82, 2.24) is 0 Å². The van der Waals surface area contributed by atoms with Gasteiger partial charge in [-0.1, -0.05) is 29.8 Å². The molecule has 2 heterocycles. The van der Waals surface area contributed by atoms with Crippen LogP contribution < -0.4 is 0 Å². The number of Topliss-reactive ketones (excluding diaryl/α,β-unsaturated/α-hetero) is 1. The van der Waals surface area contributed by atoms with Gasteiger partial charge < -0.3 is 9.84 Å². The van der Waals surface area contributed by atoms with E-state index in [2.05, 4.69) is 18.2 Å². The number of benzene rings is 2. The summed E-state index contributed by atoms with van der Waals surface area (Å²) in [7, 11) is 0. The Hall–Kier alpha value is -2.90. The highest BCUT2D eigenvalue weighted by molar-refractivity contribution is 6.26. The summed E-state index contributed by atoms with van der Waals surface area (Å²) in [5.74, 6) is -0.315. The lowest BCUT2D eigenvalue weighted by molar-refractivity contribution is -0.118. The number of nitrogens with zero attached hydrogens (tertiary/aromatic N) is 1. The molecule has 146 valence electrons. The zero-order valence-corrected chi connectivity index (χ0v) is 16.8. The molecule has 0 unspecified atom stereocenters. The van der Waals surface area contributed by atoms with E-state index in [9.17, 15) is 15.2 Å². The summed E-state index contributed by atoms with van der Waals surface area (Å²) in [5, 5.41) is 20.4. The molecule has 2 aromatic rings. The fourth-order valence-corrected chi connectivity index (χ4v) is 5.85. The quantitative estimate of drug-likeness (QED) is 0.825. The highest BCUT2D eigenvalue weighted by Gasteiger charge is 2.62. The van der Waals surface area contributed by atoms with Crippen LogP contribution in [-0.2, 0) is 9.53 Å². The molecule has 1 N–H and O–H groups in total. The molecule has 0 spiro atoms. The Kier molecular flexibility index (Phi) is 3.94. The van der Waals surface area contributed by atoms with Crippen LogP contribution in [0.4, 0.5) is 0 Å². The van der Waals surface area contributed by atoms with Crippen molar-refractivity contribution in [2.75, 3.05) is 0 Å². The molecule has 3 aliphatic rings. The Morgan fingerprint density at radius 2 is 1.83 bits per heavy atom. The van der Waals surface area contributed by atoms with E-state index < -0.39 is 0 Å². The second-order valence-corrected chi connectivity index (χ2v) is 8.67. The lowest BCUT2D eigenvalue weighted by atomic mass is 9.72. The summed E-state index contributed by atoms with van der Waals surface area (Å²) in [6.45, 7) is 6.04. The molecule has 0 amide bonds. The van der Waals surface area contributed by atoms with Gasteiger partial charge in [-0.25, -0.2) is 0 Å². The summed E-state index contributed by atoms with van der Waals surface area (Å²) in [6, 6.07) is 13.9. The van der Waals surface area contributed by atoms with Gasteiger partial charge in [0.05, 0.1) is 41.2 Å². The Labute approximate surface area is 170 Å². The van der Waals surface area contributed by atoms with Crippen LogP contribution in [-0.4, -0.2) is 23.1 Å². The first-order valence-corrected chi connectivity index (χ1v) is 10.1. The molecule has 0 radical (unpaired) electrons. The average Bonchev–Trinajstić information content (AvgIpc) is 3.34. The Morgan fingerprint density at radius 1 is 1.10 bits per heavy atom. The monoisotopic (exact) mass is 385 g/mol. The molecule has 2 bridgehead atoms. The number of aliphatic hydroxyl groups is 1. The van der Waals surface area contributed by atoms with Crippen molar-refractivity contribution in [2.45, 2.75) is 45.3 Å². The lowest BCUT2D eigenvalue weighted by Crippen LogP contribution is -2.33. The lowest BCUT2D eigenvalue weighted by Gasteiger charge is -2.27. The minimum Gasteiger partial charge on any atom is -0.511 e. The number of rotatable bonds is 2. The van der Waals surface area contributed by atoms with E-state index >= 15 is 0 Å². The van der Waals surface area contributed by atoms with Crippen molar-refractivity contribution in [2.24, 2.45) is 11.8 Å². The molecule has 1 aliphatic carbocycles. The number of fused-ring (bicyclic) bond motifs is 5. The van der Waals surface area contributed by atoms with E-state index in [4.69, 9.17) is 4.74 Å². The number of hydrogen-bond acceptors (Lipinski definition) is 4. The molecule has 29 heavy (non-hydrogen) atoms. The van der Waals surface area contributed by atoms with Gasteiger partial charge in [-0.05, 0) is 61.6 Å². The number of aryl methyl sites for hydroxylation is 3.